The molecule has 0 aliphatic rings. The molecular formula is C11H17ClN4. The lowest BCUT2D eigenvalue weighted by atomic mass is 10.1. The first-order valence-electron chi connectivity index (χ1n) is 5.01. The van der Waals surface area contributed by atoms with E-state index in [9.17, 15) is 0 Å². The van der Waals surface area contributed by atoms with Crippen LogP contribution in [-0.4, -0.2) is 25.0 Å². The van der Waals surface area contributed by atoms with Gasteiger partial charge in [0.15, 0.2) is 0 Å². The Morgan fingerprint density at radius 1 is 1.56 bits per heavy atom. The molecule has 1 unspecified atom stereocenters. The average Bonchev–Trinajstić information content (AvgIpc) is 2.29. The van der Waals surface area contributed by atoms with Gasteiger partial charge >= 0.3 is 0 Å². The molecule has 0 aromatic heterocycles. The molecule has 3 N–H and O–H groups in total. The predicted molar refractivity (Wildman–Crippen MR) is 68.3 cm³/mol. The normalized spacial score (nSPS) is 13.4. The number of nitrogens with one attached hydrogen (secondary N) is 1. The van der Waals surface area contributed by atoms with Crippen LogP contribution in [0.2, 0.25) is 5.02 Å². The maximum absolute atomic E-state index is 5.95. The van der Waals surface area contributed by atoms with E-state index in [1.54, 1.807) is 7.05 Å². The number of aliphatic imine (C=N–C) groups is 1. The Bertz CT molecular complexity index is 378. The highest BCUT2D eigenvalue weighted by Gasteiger charge is 2.14. The Morgan fingerprint density at radius 2 is 2.25 bits per heavy atom. The molecule has 0 spiro atoms. The van der Waals surface area contributed by atoms with Crippen molar-refractivity contribution < 1.29 is 0 Å². The molecule has 16 heavy (non-hydrogen) atoms. The van der Waals surface area contributed by atoms with E-state index in [2.05, 4.69) is 17.3 Å². The maximum Gasteiger partial charge on any atom is 0.208 e. The predicted octanol–water partition coefficient (Wildman–Crippen LogP) is 1.78. The van der Waals surface area contributed by atoms with Gasteiger partial charge in [0.05, 0.1) is 6.04 Å². The van der Waals surface area contributed by atoms with Gasteiger partial charge in [0, 0.05) is 19.1 Å². The Hall–Kier alpha value is -1.26. The molecule has 0 aliphatic heterocycles. The minimum absolute atomic E-state index is 0.147. The standard InChI is InChI=1S/C11H17ClN4/c1-8(16(3)11(14-2)15-13)9-5-4-6-10(12)7-9/h4-8H,13H2,1-3H3,(H,14,15). The number of halogens is 1. The fourth-order valence-corrected chi connectivity index (χ4v) is 1.70. The molecule has 0 radical (unpaired) electrons. The van der Waals surface area contributed by atoms with Crippen LogP contribution in [-0.2, 0) is 0 Å². The van der Waals surface area contributed by atoms with Crippen molar-refractivity contribution in [2.75, 3.05) is 14.1 Å². The molecule has 4 nitrogen and oxygen atoms in total. The third-order valence-electron chi connectivity index (χ3n) is 2.59. The number of benzene rings is 1. The van der Waals surface area contributed by atoms with E-state index in [1.165, 1.54) is 0 Å². The van der Waals surface area contributed by atoms with Crippen LogP contribution < -0.4 is 11.3 Å². The highest BCUT2D eigenvalue weighted by atomic mass is 35.5. The fourth-order valence-electron chi connectivity index (χ4n) is 1.50. The maximum atomic E-state index is 5.95. The highest BCUT2D eigenvalue weighted by molar-refractivity contribution is 6.30. The van der Waals surface area contributed by atoms with E-state index in [0.717, 1.165) is 10.6 Å². The third-order valence-corrected chi connectivity index (χ3v) is 2.82. The summed E-state index contributed by atoms with van der Waals surface area (Å²) in [5.41, 5.74) is 3.68. The van der Waals surface area contributed by atoms with Crippen molar-refractivity contribution in [1.82, 2.24) is 10.3 Å². The van der Waals surface area contributed by atoms with E-state index in [1.807, 2.05) is 36.2 Å². The Balaban J connectivity index is 2.89. The monoisotopic (exact) mass is 240 g/mol. The first kappa shape index (κ1) is 12.8. The second-order valence-electron chi connectivity index (χ2n) is 3.53. The second kappa shape index (κ2) is 5.72. The molecular weight excluding hydrogens is 224 g/mol. The second-order valence-corrected chi connectivity index (χ2v) is 3.97. The van der Waals surface area contributed by atoms with Gasteiger partial charge in [-0.1, -0.05) is 23.7 Å². The Kier molecular flexibility index (Phi) is 4.58. The van der Waals surface area contributed by atoms with Crippen molar-refractivity contribution >= 4 is 17.6 Å². The number of hydrogen-bond donors (Lipinski definition) is 2. The lowest BCUT2D eigenvalue weighted by Crippen LogP contribution is -2.43. The van der Waals surface area contributed by atoms with Gasteiger partial charge < -0.3 is 4.90 Å². The van der Waals surface area contributed by atoms with Crippen molar-refractivity contribution in [1.29, 1.82) is 0 Å². The minimum Gasteiger partial charge on any atom is -0.338 e. The zero-order chi connectivity index (χ0) is 12.1. The van der Waals surface area contributed by atoms with Crippen LogP contribution in [0.15, 0.2) is 29.3 Å². The first-order chi connectivity index (χ1) is 7.60. The zero-order valence-corrected chi connectivity index (χ0v) is 10.5. The highest BCUT2D eigenvalue weighted by Crippen LogP contribution is 2.21. The Morgan fingerprint density at radius 3 is 2.75 bits per heavy atom. The summed E-state index contributed by atoms with van der Waals surface area (Å²) in [5, 5.41) is 0.730. The van der Waals surface area contributed by atoms with E-state index in [4.69, 9.17) is 17.4 Å². The van der Waals surface area contributed by atoms with Crippen molar-refractivity contribution in [2.45, 2.75) is 13.0 Å². The molecule has 5 heteroatoms. The first-order valence-corrected chi connectivity index (χ1v) is 5.39. The van der Waals surface area contributed by atoms with E-state index >= 15 is 0 Å². The molecule has 1 atom stereocenters. The van der Waals surface area contributed by atoms with Gasteiger partial charge in [-0.2, -0.15) is 0 Å². The van der Waals surface area contributed by atoms with E-state index in [-0.39, 0.29) is 6.04 Å². The smallest absolute Gasteiger partial charge is 0.208 e. The largest absolute Gasteiger partial charge is 0.338 e. The summed E-state index contributed by atoms with van der Waals surface area (Å²) in [4.78, 5) is 6.00. The number of guanidine groups is 1. The molecule has 0 aliphatic carbocycles. The van der Waals surface area contributed by atoms with Gasteiger partial charge in [0.1, 0.15) is 0 Å². The molecule has 88 valence electrons. The van der Waals surface area contributed by atoms with Crippen LogP contribution in [0.1, 0.15) is 18.5 Å². The fraction of sp³-hybridized carbons (Fsp3) is 0.364. The molecule has 1 rings (SSSR count). The minimum atomic E-state index is 0.147. The molecule has 0 bridgehead atoms. The summed E-state index contributed by atoms with van der Waals surface area (Å²) in [5.74, 6) is 6.01. The number of hydrazine groups is 1. The summed E-state index contributed by atoms with van der Waals surface area (Å²) in [7, 11) is 3.62. The summed E-state index contributed by atoms with van der Waals surface area (Å²) in [6.45, 7) is 2.06. The topological polar surface area (TPSA) is 53.6 Å². The molecule has 1 aromatic rings. The van der Waals surface area contributed by atoms with Crippen LogP contribution >= 0.6 is 11.6 Å². The molecule has 1 aromatic carbocycles. The number of nitrogens with zero attached hydrogens (tertiary/aromatic N) is 2. The van der Waals surface area contributed by atoms with Crippen LogP contribution in [0.3, 0.4) is 0 Å². The molecule has 0 fully saturated rings. The quantitative estimate of drug-likeness (QED) is 0.359. The van der Waals surface area contributed by atoms with E-state index < -0.39 is 0 Å². The van der Waals surface area contributed by atoms with Gasteiger partial charge in [-0.3, -0.25) is 10.4 Å². The van der Waals surface area contributed by atoms with Gasteiger partial charge in [-0.05, 0) is 24.6 Å². The van der Waals surface area contributed by atoms with Crippen molar-refractivity contribution in [2.24, 2.45) is 10.8 Å². The van der Waals surface area contributed by atoms with Crippen LogP contribution in [0.4, 0.5) is 0 Å². The third kappa shape index (κ3) is 2.87. The van der Waals surface area contributed by atoms with Gasteiger partial charge in [0.25, 0.3) is 0 Å². The number of hydrogen-bond acceptors (Lipinski definition) is 2. The lowest BCUT2D eigenvalue weighted by Gasteiger charge is -2.27. The van der Waals surface area contributed by atoms with Gasteiger partial charge in [-0.25, -0.2) is 5.84 Å². The van der Waals surface area contributed by atoms with E-state index in [0.29, 0.717) is 5.96 Å². The molecule has 0 saturated heterocycles. The average molecular weight is 241 g/mol. The van der Waals surface area contributed by atoms with Crippen LogP contribution in [0.5, 0.6) is 0 Å². The molecule has 0 heterocycles. The van der Waals surface area contributed by atoms with Crippen molar-refractivity contribution in [3.05, 3.63) is 34.9 Å². The number of rotatable bonds is 2. The molecule has 0 amide bonds. The summed E-state index contributed by atoms with van der Waals surface area (Å²) >= 11 is 5.95. The zero-order valence-electron chi connectivity index (χ0n) is 9.74. The summed E-state index contributed by atoms with van der Waals surface area (Å²) in [6, 6.07) is 7.89. The van der Waals surface area contributed by atoms with Crippen LogP contribution in [0.25, 0.3) is 0 Å². The van der Waals surface area contributed by atoms with Gasteiger partial charge in [0.2, 0.25) is 5.96 Å². The lowest BCUT2D eigenvalue weighted by molar-refractivity contribution is 0.388. The summed E-state index contributed by atoms with van der Waals surface area (Å²) < 4.78 is 0. The Labute approximate surface area is 101 Å². The van der Waals surface area contributed by atoms with Crippen molar-refractivity contribution in [3.8, 4) is 0 Å². The number of nitrogens with two attached hydrogens (primary N) is 1. The van der Waals surface area contributed by atoms with Crippen molar-refractivity contribution in [3.63, 3.8) is 0 Å². The SMILES string of the molecule is CN=C(NN)N(C)C(C)c1cccc(Cl)c1. The molecule has 0 saturated carbocycles. The van der Waals surface area contributed by atoms with Gasteiger partial charge in [-0.15, -0.1) is 0 Å². The van der Waals surface area contributed by atoms with Crippen LogP contribution in [0, 0.1) is 0 Å². The summed E-state index contributed by atoms with van der Waals surface area (Å²) in [6.07, 6.45) is 0.